The minimum atomic E-state index is 0.619. The van der Waals surface area contributed by atoms with Gasteiger partial charge in [-0.15, -0.1) is 11.3 Å². The van der Waals surface area contributed by atoms with Crippen LogP contribution in [0.25, 0.3) is 126 Å². The van der Waals surface area contributed by atoms with E-state index in [1.165, 1.54) is 48.1 Å². The number of fused-ring (bicyclic) bond motifs is 7. The molecule has 0 aliphatic rings. The number of para-hydroxylation sites is 1. The molecule has 3 aromatic heterocycles. The normalized spacial score (nSPS) is 11.6. The zero-order chi connectivity index (χ0) is 43.6. The highest BCUT2D eigenvalue weighted by atomic mass is 32.1. The van der Waals surface area contributed by atoms with Crippen molar-refractivity contribution in [3.63, 3.8) is 0 Å². The van der Waals surface area contributed by atoms with Crippen LogP contribution in [0, 0.1) is 0 Å². The largest absolute Gasteiger partial charge is 0.308 e. The second-order valence-electron chi connectivity index (χ2n) is 16.8. The second-order valence-corrected chi connectivity index (χ2v) is 17.8. The Kier molecular flexibility index (Phi) is 9.00. The Hall–Kier alpha value is -8.51. The third-order valence-corrected chi connectivity index (χ3v) is 14.1. The maximum Gasteiger partial charge on any atom is 0.165 e. The first-order valence-electron chi connectivity index (χ1n) is 22.3. The summed E-state index contributed by atoms with van der Waals surface area (Å²) in [6.45, 7) is 0. The Morgan fingerprint density at radius 2 is 0.773 bits per heavy atom. The zero-order valence-corrected chi connectivity index (χ0v) is 36.5. The van der Waals surface area contributed by atoms with Crippen LogP contribution in [0.5, 0.6) is 0 Å². The summed E-state index contributed by atoms with van der Waals surface area (Å²) in [7, 11) is 0. The van der Waals surface area contributed by atoms with E-state index in [1.54, 1.807) is 0 Å². The molecule has 13 rings (SSSR count). The smallest absolute Gasteiger partial charge is 0.165 e. The Balaban J connectivity index is 1.03. The van der Waals surface area contributed by atoms with E-state index in [0.717, 1.165) is 60.5 Å². The zero-order valence-electron chi connectivity index (χ0n) is 35.6. The molecule has 0 aliphatic heterocycles. The van der Waals surface area contributed by atoms with Crippen LogP contribution in [0.3, 0.4) is 0 Å². The average molecular weight is 859 g/mol. The van der Waals surface area contributed by atoms with Gasteiger partial charge in [0.15, 0.2) is 17.5 Å². The number of thiophene rings is 1. The topological polar surface area (TPSA) is 43.6 Å². The summed E-state index contributed by atoms with van der Waals surface area (Å²) in [4.78, 5) is 16.1. The van der Waals surface area contributed by atoms with Gasteiger partial charge in [0, 0.05) is 42.9 Å². The molecule has 0 unspecified atom stereocenters. The lowest BCUT2D eigenvalue weighted by Gasteiger charge is -2.13. The van der Waals surface area contributed by atoms with Crippen molar-refractivity contribution < 1.29 is 0 Å². The number of benzene rings is 10. The van der Waals surface area contributed by atoms with Crippen molar-refractivity contribution in [1.29, 1.82) is 0 Å². The fourth-order valence-corrected chi connectivity index (χ4v) is 10.9. The predicted molar refractivity (Wildman–Crippen MR) is 277 cm³/mol. The summed E-state index contributed by atoms with van der Waals surface area (Å²) >= 11 is 1.81. The number of hydrogen-bond donors (Lipinski definition) is 0. The first-order chi connectivity index (χ1) is 32.7. The molecule has 0 radical (unpaired) electrons. The van der Waals surface area contributed by atoms with Crippen LogP contribution in [-0.2, 0) is 0 Å². The molecule has 0 atom stereocenters. The lowest BCUT2D eigenvalue weighted by molar-refractivity contribution is 1.08. The van der Waals surface area contributed by atoms with Crippen molar-refractivity contribution in [3.8, 4) is 73.2 Å². The molecule has 0 bridgehead atoms. The number of hydrogen-bond acceptors (Lipinski definition) is 4. The first-order valence-corrected chi connectivity index (χ1v) is 23.1. The molecular weight excluding hydrogens is 821 g/mol. The third kappa shape index (κ3) is 6.48. The monoisotopic (exact) mass is 858 g/mol. The molecule has 0 fully saturated rings. The summed E-state index contributed by atoms with van der Waals surface area (Å²) < 4.78 is 4.80. The van der Waals surface area contributed by atoms with Gasteiger partial charge < -0.3 is 4.57 Å². The quantitative estimate of drug-likeness (QED) is 0.160. The molecule has 5 heteroatoms. The highest BCUT2D eigenvalue weighted by Gasteiger charge is 2.21. The standard InChI is InChI=1S/C61H38N4S/c1-4-16-39(17-5-1)42-30-32-43(33-31-42)59-62-60(48-35-46(40-18-6-2-7-19-40)34-47(36-48)41-20-8-3-9-21-41)64-61(63-59)52-27-14-25-50-51-26-15-29-55(58(51)66-57(50)52)65-54-28-13-12-24-49(54)53-37-44-22-10-11-23-45(44)38-56(53)65/h1-38H. The highest BCUT2D eigenvalue weighted by molar-refractivity contribution is 7.26. The molecule has 308 valence electrons. The first kappa shape index (κ1) is 38.0. The van der Waals surface area contributed by atoms with Gasteiger partial charge in [-0.25, -0.2) is 15.0 Å². The molecule has 0 spiro atoms. The van der Waals surface area contributed by atoms with E-state index in [4.69, 9.17) is 15.0 Å². The predicted octanol–water partition coefficient (Wildman–Crippen LogP) is 16.5. The lowest BCUT2D eigenvalue weighted by atomic mass is 9.96. The highest BCUT2D eigenvalue weighted by Crippen LogP contribution is 2.45. The molecule has 3 heterocycles. The Morgan fingerprint density at radius 1 is 0.288 bits per heavy atom. The minimum absolute atomic E-state index is 0.619. The van der Waals surface area contributed by atoms with Gasteiger partial charge in [0.2, 0.25) is 0 Å². The van der Waals surface area contributed by atoms with Gasteiger partial charge in [0.1, 0.15) is 0 Å². The van der Waals surface area contributed by atoms with Gasteiger partial charge in [0.25, 0.3) is 0 Å². The van der Waals surface area contributed by atoms with Crippen molar-refractivity contribution in [2.45, 2.75) is 0 Å². The molecule has 0 saturated heterocycles. The molecule has 4 nitrogen and oxygen atoms in total. The van der Waals surface area contributed by atoms with Crippen molar-refractivity contribution >= 4 is 64.1 Å². The van der Waals surface area contributed by atoms with E-state index in [2.05, 4.69) is 229 Å². The van der Waals surface area contributed by atoms with Crippen LogP contribution in [0.1, 0.15) is 0 Å². The maximum absolute atomic E-state index is 5.42. The van der Waals surface area contributed by atoms with E-state index >= 15 is 0 Å². The van der Waals surface area contributed by atoms with Gasteiger partial charge in [0.05, 0.1) is 21.4 Å². The van der Waals surface area contributed by atoms with Crippen molar-refractivity contribution in [2.24, 2.45) is 0 Å². The SMILES string of the molecule is c1ccc(-c2ccc(-c3nc(-c4cc(-c5ccccc5)cc(-c5ccccc5)c4)nc(-c4cccc5c4sc4c(-n6c7ccccc7c7cc8ccccc8cc76)cccc45)n3)cc2)cc1. The van der Waals surface area contributed by atoms with Gasteiger partial charge >= 0.3 is 0 Å². The molecular formula is C61H38N4S. The van der Waals surface area contributed by atoms with Gasteiger partial charge in [-0.2, -0.15) is 0 Å². The van der Waals surface area contributed by atoms with E-state index in [0.29, 0.717) is 17.5 Å². The summed E-state index contributed by atoms with van der Waals surface area (Å²) in [6.07, 6.45) is 0. The molecule has 0 N–H and O–H groups in total. The van der Waals surface area contributed by atoms with Gasteiger partial charge in [-0.05, 0) is 92.7 Å². The van der Waals surface area contributed by atoms with Crippen molar-refractivity contribution in [3.05, 3.63) is 231 Å². The maximum atomic E-state index is 5.42. The Bertz CT molecular complexity index is 3910. The number of nitrogens with zero attached hydrogens (tertiary/aromatic N) is 4. The van der Waals surface area contributed by atoms with Gasteiger partial charge in [-0.1, -0.05) is 182 Å². The van der Waals surface area contributed by atoms with E-state index in [1.807, 2.05) is 17.4 Å². The van der Waals surface area contributed by atoms with Crippen LogP contribution in [0.15, 0.2) is 231 Å². The number of rotatable bonds is 7. The van der Waals surface area contributed by atoms with E-state index < -0.39 is 0 Å². The molecule has 0 amide bonds. The Morgan fingerprint density at radius 3 is 1.45 bits per heavy atom. The van der Waals surface area contributed by atoms with Crippen LogP contribution in [0.4, 0.5) is 0 Å². The Labute approximate surface area is 385 Å². The summed E-state index contributed by atoms with van der Waals surface area (Å²) in [6, 6.07) is 82.2. The second kappa shape index (κ2) is 15.6. The average Bonchev–Trinajstić information content (AvgIpc) is 3.94. The van der Waals surface area contributed by atoms with Crippen LogP contribution >= 0.6 is 11.3 Å². The van der Waals surface area contributed by atoms with Crippen molar-refractivity contribution in [1.82, 2.24) is 19.5 Å². The summed E-state index contributed by atoms with van der Waals surface area (Å²) in [5, 5.41) is 7.33. The number of aromatic nitrogens is 4. The van der Waals surface area contributed by atoms with Crippen LogP contribution in [-0.4, -0.2) is 19.5 Å². The molecule has 13 aromatic rings. The van der Waals surface area contributed by atoms with Crippen LogP contribution in [0.2, 0.25) is 0 Å². The lowest BCUT2D eigenvalue weighted by Crippen LogP contribution is -2.01. The fraction of sp³-hybridized carbons (Fsp3) is 0. The van der Waals surface area contributed by atoms with Gasteiger partial charge in [-0.3, -0.25) is 0 Å². The van der Waals surface area contributed by atoms with Crippen LogP contribution < -0.4 is 0 Å². The fourth-order valence-electron chi connectivity index (χ4n) is 9.62. The summed E-state index contributed by atoms with van der Waals surface area (Å²) in [5.41, 5.74) is 13.1. The summed E-state index contributed by atoms with van der Waals surface area (Å²) in [5.74, 6) is 1.88. The molecule has 0 aliphatic carbocycles. The molecule has 0 saturated carbocycles. The minimum Gasteiger partial charge on any atom is -0.308 e. The third-order valence-electron chi connectivity index (χ3n) is 12.8. The molecule has 10 aromatic carbocycles. The van der Waals surface area contributed by atoms with E-state index in [-0.39, 0.29) is 0 Å². The molecule has 66 heavy (non-hydrogen) atoms. The van der Waals surface area contributed by atoms with E-state index in [9.17, 15) is 0 Å². The van der Waals surface area contributed by atoms with Crippen molar-refractivity contribution in [2.75, 3.05) is 0 Å².